The molecule has 0 bridgehead atoms. The van der Waals surface area contributed by atoms with Gasteiger partial charge in [0.15, 0.2) is 0 Å². The number of aromatic nitrogens is 2. The van der Waals surface area contributed by atoms with Gasteiger partial charge in [0.25, 0.3) is 0 Å². The maximum atomic E-state index is 4.54. The molecule has 108 valence electrons. The largest absolute Gasteiger partial charge is 0.373 e. The molecule has 0 saturated carbocycles. The Morgan fingerprint density at radius 2 is 1.89 bits per heavy atom. The molecule has 0 amide bonds. The molecule has 4 heteroatoms. The summed E-state index contributed by atoms with van der Waals surface area (Å²) in [4.78, 5) is 11.3. The summed E-state index contributed by atoms with van der Waals surface area (Å²) in [5, 5.41) is 3.19. The van der Waals surface area contributed by atoms with Gasteiger partial charge in [-0.1, -0.05) is 34.1 Å². The number of hydrogen-bond donors (Lipinski definition) is 1. The van der Waals surface area contributed by atoms with E-state index in [4.69, 9.17) is 0 Å². The minimum atomic E-state index is 0.407. The van der Waals surface area contributed by atoms with Crippen molar-refractivity contribution in [3.8, 4) is 0 Å². The van der Waals surface area contributed by atoms with Gasteiger partial charge < -0.3 is 10.2 Å². The van der Waals surface area contributed by atoms with Crippen molar-refractivity contribution in [3.05, 3.63) is 11.9 Å². The van der Waals surface area contributed by atoms with Crippen LogP contribution in [0.5, 0.6) is 0 Å². The van der Waals surface area contributed by atoms with Crippen LogP contribution in [0.25, 0.3) is 0 Å². The third-order valence-electron chi connectivity index (χ3n) is 3.59. The fraction of sp³-hybridized carbons (Fsp3) is 0.733. The Hall–Kier alpha value is -1.32. The van der Waals surface area contributed by atoms with E-state index in [0.29, 0.717) is 11.8 Å². The van der Waals surface area contributed by atoms with Crippen LogP contribution in [0, 0.1) is 5.92 Å². The molecule has 0 saturated heterocycles. The normalized spacial score (nSPS) is 12.6. The van der Waals surface area contributed by atoms with E-state index < -0.39 is 0 Å². The fourth-order valence-corrected chi connectivity index (χ4v) is 2.24. The van der Waals surface area contributed by atoms with Gasteiger partial charge >= 0.3 is 0 Å². The highest BCUT2D eigenvalue weighted by atomic mass is 15.2. The van der Waals surface area contributed by atoms with Crippen molar-refractivity contribution in [1.82, 2.24) is 9.97 Å². The lowest BCUT2D eigenvalue weighted by Crippen LogP contribution is -2.30. The summed E-state index contributed by atoms with van der Waals surface area (Å²) in [5.74, 6) is 3.11. The molecule has 1 aromatic rings. The van der Waals surface area contributed by atoms with Gasteiger partial charge in [-0.3, -0.25) is 0 Å². The Labute approximate surface area is 117 Å². The summed E-state index contributed by atoms with van der Waals surface area (Å²) < 4.78 is 0. The van der Waals surface area contributed by atoms with Crippen molar-refractivity contribution < 1.29 is 0 Å². The van der Waals surface area contributed by atoms with E-state index in [1.54, 1.807) is 6.33 Å². The number of nitrogens with one attached hydrogen (secondary N) is 1. The van der Waals surface area contributed by atoms with Gasteiger partial charge in [0, 0.05) is 25.7 Å². The minimum absolute atomic E-state index is 0.407. The zero-order valence-electron chi connectivity index (χ0n) is 13.2. The first-order valence-corrected chi connectivity index (χ1v) is 7.32. The van der Waals surface area contributed by atoms with E-state index in [2.05, 4.69) is 54.8 Å². The van der Waals surface area contributed by atoms with E-state index in [0.717, 1.165) is 24.7 Å². The highest BCUT2D eigenvalue weighted by Crippen LogP contribution is 2.31. The van der Waals surface area contributed by atoms with Gasteiger partial charge in [-0.2, -0.15) is 0 Å². The van der Waals surface area contributed by atoms with E-state index in [1.165, 1.54) is 12.0 Å². The molecule has 1 atom stereocenters. The first-order chi connectivity index (χ1) is 9.04. The van der Waals surface area contributed by atoms with Crippen LogP contribution in [0.3, 0.4) is 0 Å². The van der Waals surface area contributed by atoms with E-state index >= 15 is 0 Å². The molecule has 0 spiro atoms. The lowest BCUT2D eigenvalue weighted by Gasteiger charge is -2.28. The van der Waals surface area contributed by atoms with E-state index in [1.807, 2.05) is 7.05 Å². The SMILES string of the molecule is CCC(C)CN(CC)c1ncnc(NC)c1C(C)C. The average molecular weight is 264 g/mol. The van der Waals surface area contributed by atoms with Crippen molar-refractivity contribution in [2.75, 3.05) is 30.4 Å². The third kappa shape index (κ3) is 3.82. The molecule has 1 rings (SSSR count). The van der Waals surface area contributed by atoms with Crippen LogP contribution < -0.4 is 10.2 Å². The van der Waals surface area contributed by atoms with Crippen LogP contribution in [0.2, 0.25) is 0 Å². The molecule has 0 aromatic carbocycles. The van der Waals surface area contributed by atoms with Gasteiger partial charge in [-0.15, -0.1) is 0 Å². The summed E-state index contributed by atoms with van der Waals surface area (Å²) in [6.07, 6.45) is 2.85. The predicted molar refractivity (Wildman–Crippen MR) is 83.0 cm³/mol. The van der Waals surface area contributed by atoms with Crippen LogP contribution in [-0.2, 0) is 0 Å². The molecule has 1 unspecified atom stereocenters. The standard InChI is InChI=1S/C15H28N4/c1-7-12(5)9-19(8-2)15-13(11(3)4)14(16-6)17-10-18-15/h10-12H,7-9H2,1-6H3,(H,16,17,18). The van der Waals surface area contributed by atoms with Crippen LogP contribution in [0.15, 0.2) is 6.33 Å². The first kappa shape index (κ1) is 15.7. The van der Waals surface area contributed by atoms with Crippen LogP contribution in [0.4, 0.5) is 11.6 Å². The number of nitrogens with zero attached hydrogens (tertiary/aromatic N) is 3. The van der Waals surface area contributed by atoms with E-state index in [-0.39, 0.29) is 0 Å². The molecule has 0 radical (unpaired) electrons. The third-order valence-corrected chi connectivity index (χ3v) is 3.59. The first-order valence-electron chi connectivity index (χ1n) is 7.32. The van der Waals surface area contributed by atoms with Crippen molar-refractivity contribution >= 4 is 11.6 Å². The molecular weight excluding hydrogens is 236 g/mol. The number of rotatable bonds is 7. The summed E-state index contributed by atoms with van der Waals surface area (Å²) in [5.41, 5.74) is 1.22. The summed E-state index contributed by atoms with van der Waals surface area (Å²) >= 11 is 0. The molecule has 0 aliphatic heterocycles. The Kier molecular flexibility index (Phi) is 6.06. The second-order valence-corrected chi connectivity index (χ2v) is 5.42. The minimum Gasteiger partial charge on any atom is -0.373 e. The lowest BCUT2D eigenvalue weighted by molar-refractivity contribution is 0.543. The second-order valence-electron chi connectivity index (χ2n) is 5.42. The van der Waals surface area contributed by atoms with Crippen LogP contribution in [0.1, 0.15) is 52.5 Å². The molecule has 1 heterocycles. The summed E-state index contributed by atoms with van der Waals surface area (Å²) in [6.45, 7) is 13.1. The topological polar surface area (TPSA) is 41.1 Å². The van der Waals surface area contributed by atoms with E-state index in [9.17, 15) is 0 Å². The average Bonchev–Trinajstić information content (AvgIpc) is 2.43. The molecule has 1 aromatic heterocycles. The molecule has 0 aliphatic rings. The Morgan fingerprint density at radius 3 is 2.37 bits per heavy atom. The Morgan fingerprint density at radius 1 is 1.21 bits per heavy atom. The molecule has 19 heavy (non-hydrogen) atoms. The van der Waals surface area contributed by atoms with Gasteiger partial charge in [0.1, 0.15) is 18.0 Å². The Bertz CT molecular complexity index is 390. The summed E-state index contributed by atoms with van der Waals surface area (Å²) in [7, 11) is 1.92. The number of hydrogen-bond acceptors (Lipinski definition) is 4. The monoisotopic (exact) mass is 264 g/mol. The van der Waals surface area contributed by atoms with Gasteiger partial charge in [-0.25, -0.2) is 9.97 Å². The van der Waals surface area contributed by atoms with Crippen LogP contribution >= 0.6 is 0 Å². The smallest absolute Gasteiger partial charge is 0.137 e. The predicted octanol–water partition coefficient (Wildman–Crippen LogP) is 3.51. The highest BCUT2D eigenvalue weighted by molar-refractivity contribution is 5.60. The zero-order chi connectivity index (χ0) is 14.4. The lowest BCUT2D eigenvalue weighted by atomic mass is 10.0. The highest BCUT2D eigenvalue weighted by Gasteiger charge is 2.19. The molecule has 0 aliphatic carbocycles. The van der Waals surface area contributed by atoms with Crippen molar-refractivity contribution in [3.63, 3.8) is 0 Å². The van der Waals surface area contributed by atoms with Gasteiger partial charge in [-0.05, 0) is 18.8 Å². The van der Waals surface area contributed by atoms with Crippen molar-refractivity contribution in [2.24, 2.45) is 5.92 Å². The number of anilines is 2. The Balaban J connectivity index is 3.15. The molecule has 0 fully saturated rings. The van der Waals surface area contributed by atoms with Gasteiger partial charge in [0.05, 0.1) is 0 Å². The van der Waals surface area contributed by atoms with Crippen molar-refractivity contribution in [2.45, 2.75) is 47.0 Å². The molecule has 1 N–H and O–H groups in total. The zero-order valence-corrected chi connectivity index (χ0v) is 13.2. The molecular formula is C15H28N4. The maximum Gasteiger partial charge on any atom is 0.137 e. The van der Waals surface area contributed by atoms with Crippen molar-refractivity contribution in [1.29, 1.82) is 0 Å². The fourth-order valence-electron chi connectivity index (χ4n) is 2.24. The van der Waals surface area contributed by atoms with Gasteiger partial charge in [0.2, 0.25) is 0 Å². The second kappa shape index (κ2) is 7.31. The van der Waals surface area contributed by atoms with Crippen LogP contribution in [-0.4, -0.2) is 30.1 Å². The maximum absolute atomic E-state index is 4.54. The summed E-state index contributed by atoms with van der Waals surface area (Å²) in [6, 6.07) is 0. The molecule has 4 nitrogen and oxygen atoms in total. The quantitative estimate of drug-likeness (QED) is 0.818.